The number of aromatic nitrogens is 1. The molecule has 0 saturated carbocycles. The van der Waals surface area contributed by atoms with E-state index >= 15 is 0 Å². The highest BCUT2D eigenvalue weighted by atomic mass is 35.5. The fourth-order valence-electron chi connectivity index (χ4n) is 3.58. The van der Waals surface area contributed by atoms with Crippen LogP contribution >= 0.6 is 11.6 Å². The Kier molecular flexibility index (Phi) is 7.32. The van der Waals surface area contributed by atoms with Gasteiger partial charge >= 0.3 is 0 Å². The van der Waals surface area contributed by atoms with Crippen molar-refractivity contribution in [3.8, 4) is 11.5 Å². The molecule has 162 valence electrons. The maximum Gasteiger partial charge on any atom is 0.161 e. The lowest BCUT2D eigenvalue weighted by Gasteiger charge is -2.27. The third-order valence-electron chi connectivity index (χ3n) is 5.08. The van der Waals surface area contributed by atoms with Crippen molar-refractivity contribution >= 4 is 22.5 Å². The van der Waals surface area contributed by atoms with Crippen LogP contribution in [0.1, 0.15) is 39.0 Å². The van der Waals surface area contributed by atoms with Crippen LogP contribution in [0.4, 0.5) is 0 Å². The molecule has 0 aliphatic heterocycles. The van der Waals surface area contributed by atoms with Gasteiger partial charge in [-0.25, -0.2) is 0 Å². The molecule has 0 fully saturated rings. The van der Waals surface area contributed by atoms with Gasteiger partial charge in [-0.05, 0) is 69.0 Å². The monoisotopic (exact) mass is 428 g/mol. The van der Waals surface area contributed by atoms with E-state index in [2.05, 4.69) is 44.9 Å². The predicted molar refractivity (Wildman–Crippen MR) is 126 cm³/mol. The molecule has 0 spiro atoms. The molecular formula is C25H33ClN2O2. The number of nitrogens with one attached hydrogen (secondary N) is 2. The second-order valence-electron chi connectivity index (χ2n) is 8.91. The highest BCUT2D eigenvalue weighted by molar-refractivity contribution is 6.31. The average Bonchev–Trinajstić information content (AvgIpc) is 2.98. The van der Waals surface area contributed by atoms with Crippen LogP contribution in [0.5, 0.6) is 11.5 Å². The maximum atomic E-state index is 6.23. The van der Waals surface area contributed by atoms with Crippen molar-refractivity contribution < 1.29 is 9.47 Å². The maximum absolute atomic E-state index is 6.23. The second kappa shape index (κ2) is 9.76. The standard InChI is InChI=1S/C25H33ClN2O2/c1-17(2)16-30-24-9-7-6-8-23(24)29-13-12-27-25(4,5)15-21-18(3)28-22-11-10-19(26)14-20(21)22/h6-11,14,17,27-28H,12-13,15-16H2,1-5H3. The molecule has 0 radical (unpaired) electrons. The van der Waals surface area contributed by atoms with Crippen molar-refractivity contribution in [2.45, 2.75) is 46.6 Å². The van der Waals surface area contributed by atoms with Gasteiger partial charge in [0.05, 0.1) is 6.61 Å². The predicted octanol–water partition coefficient (Wildman–Crippen LogP) is 6.15. The molecule has 1 heterocycles. The zero-order chi connectivity index (χ0) is 21.7. The molecule has 0 aliphatic rings. The zero-order valence-electron chi connectivity index (χ0n) is 18.6. The summed E-state index contributed by atoms with van der Waals surface area (Å²) in [5, 5.41) is 5.59. The third kappa shape index (κ3) is 5.93. The largest absolute Gasteiger partial charge is 0.489 e. The molecule has 0 saturated heterocycles. The number of ether oxygens (including phenoxy) is 2. The van der Waals surface area contributed by atoms with Gasteiger partial charge in [0, 0.05) is 33.7 Å². The lowest BCUT2D eigenvalue weighted by atomic mass is 9.93. The summed E-state index contributed by atoms with van der Waals surface area (Å²) in [6.45, 7) is 12.8. The fourth-order valence-corrected chi connectivity index (χ4v) is 3.75. The molecule has 0 atom stereocenters. The quantitative estimate of drug-likeness (QED) is 0.380. The summed E-state index contributed by atoms with van der Waals surface area (Å²) in [5.74, 6) is 2.07. The van der Waals surface area contributed by atoms with Crippen molar-refractivity contribution in [3.63, 3.8) is 0 Å². The van der Waals surface area contributed by atoms with Gasteiger partial charge < -0.3 is 19.8 Å². The number of benzene rings is 2. The van der Waals surface area contributed by atoms with Crippen LogP contribution in [0.3, 0.4) is 0 Å². The smallest absolute Gasteiger partial charge is 0.161 e. The Morgan fingerprint density at radius 2 is 1.77 bits per heavy atom. The van der Waals surface area contributed by atoms with E-state index in [4.69, 9.17) is 21.1 Å². The highest BCUT2D eigenvalue weighted by Crippen LogP contribution is 2.29. The molecule has 2 aromatic carbocycles. The first-order valence-corrected chi connectivity index (χ1v) is 11.0. The van der Waals surface area contributed by atoms with E-state index in [0.29, 0.717) is 19.1 Å². The van der Waals surface area contributed by atoms with E-state index in [-0.39, 0.29) is 5.54 Å². The zero-order valence-corrected chi connectivity index (χ0v) is 19.4. The number of halogens is 1. The number of H-pyrrole nitrogens is 1. The van der Waals surface area contributed by atoms with Gasteiger partial charge in [-0.15, -0.1) is 0 Å². The molecule has 1 aromatic heterocycles. The number of aromatic amines is 1. The molecule has 3 rings (SSSR count). The Morgan fingerprint density at radius 3 is 2.47 bits per heavy atom. The average molecular weight is 429 g/mol. The normalized spacial score (nSPS) is 12.0. The van der Waals surface area contributed by atoms with Crippen LogP contribution in [0.15, 0.2) is 42.5 Å². The molecule has 0 aliphatic carbocycles. The second-order valence-corrected chi connectivity index (χ2v) is 9.34. The van der Waals surface area contributed by atoms with Crippen molar-refractivity contribution in [3.05, 3.63) is 58.7 Å². The molecule has 0 amide bonds. The molecule has 30 heavy (non-hydrogen) atoms. The Labute approximate surface area is 184 Å². The topological polar surface area (TPSA) is 46.3 Å². The minimum atomic E-state index is -0.0841. The van der Waals surface area contributed by atoms with Crippen LogP contribution in [0.2, 0.25) is 5.02 Å². The van der Waals surface area contributed by atoms with Crippen LogP contribution in [0, 0.1) is 12.8 Å². The van der Waals surface area contributed by atoms with Gasteiger partial charge in [0.2, 0.25) is 0 Å². The van der Waals surface area contributed by atoms with Crippen molar-refractivity contribution in [1.29, 1.82) is 0 Å². The Hall–Kier alpha value is -2.17. The van der Waals surface area contributed by atoms with E-state index < -0.39 is 0 Å². The summed E-state index contributed by atoms with van der Waals surface area (Å²) in [6.07, 6.45) is 0.896. The number of rotatable bonds is 10. The minimum absolute atomic E-state index is 0.0841. The molecule has 0 bridgehead atoms. The van der Waals surface area contributed by atoms with Crippen molar-refractivity contribution in [2.75, 3.05) is 19.8 Å². The van der Waals surface area contributed by atoms with Gasteiger partial charge in [-0.1, -0.05) is 37.6 Å². The highest BCUT2D eigenvalue weighted by Gasteiger charge is 2.21. The van der Waals surface area contributed by atoms with Crippen LogP contribution in [-0.2, 0) is 6.42 Å². The van der Waals surface area contributed by atoms with Crippen LogP contribution in [0.25, 0.3) is 10.9 Å². The summed E-state index contributed by atoms with van der Waals surface area (Å²) in [7, 11) is 0. The Balaban J connectivity index is 1.57. The lowest BCUT2D eigenvalue weighted by molar-refractivity contribution is 0.238. The molecule has 5 heteroatoms. The summed E-state index contributed by atoms with van der Waals surface area (Å²) in [4.78, 5) is 3.47. The number of para-hydroxylation sites is 2. The SMILES string of the molecule is Cc1[nH]c2ccc(Cl)cc2c1CC(C)(C)NCCOc1ccccc1OCC(C)C. The van der Waals surface area contributed by atoms with E-state index in [0.717, 1.165) is 35.0 Å². The third-order valence-corrected chi connectivity index (χ3v) is 5.32. The molecule has 4 nitrogen and oxygen atoms in total. The number of hydrogen-bond donors (Lipinski definition) is 2. The van der Waals surface area contributed by atoms with Crippen molar-refractivity contribution in [1.82, 2.24) is 10.3 Å². The van der Waals surface area contributed by atoms with Crippen LogP contribution < -0.4 is 14.8 Å². The summed E-state index contributed by atoms with van der Waals surface area (Å²) in [5.41, 5.74) is 3.54. The first-order valence-electron chi connectivity index (χ1n) is 10.6. The summed E-state index contributed by atoms with van der Waals surface area (Å²) >= 11 is 6.23. The molecule has 3 aromatic rings. The van der Waals surface area contributed by atoms with Gasteiger partial charge in [0.25, 0.3) is 0 Å². The van der Waals surface area contributed by atoms with Gasteiger partial charge in [0.1, 0.15) is 6.61 Å². The number of aryl methyl sites for hydroxylation is 1. The number of hydrogen-bond acceptors (Lipinski definition) is 3. The fraction of sp³-hybridized carbons (Fsp3) is 0.440. The Morgan fingerprint density at radius 1 is 1.07 bits per heavy atom. The summed E-state index contributed by atoms with van der Waals surface area (Å²) in [6, 6.07) is 13.9. The first-order chi connectivity index (χ1) is 14.2. The molecule has 2 N–H and O–H groups in total. The first kappa shape index (κ1) is 22.5. The Bertz CT molecular complexity index is 978. The van der Waals surface area contributed by atoms with E-state index in [1.165, 1.54) is 16.6 Å². The van der Waals surface area contributed by atoms with E-state index in [1.54, 1.807) is 0 Å². The van der Waals surface area contributed by atoms with E-state index in [9.17, 15) is 0 Å². The molecule has 0 unspecified atom stereocenters. The summed E-state index contributed by atoms with van der Waals surface area (Å²) < 4.78 is 11.9. The number of fused-ring (bicyclic) bond motifs is 1. The van der Waals surface area contributed by atoms with E-state index in [1.807, 2.05) is 42.5 Å². The minimum Gasteiger partial charge on any atom is -0.489 e. The van der Waals surface area contributed by atoms with Gasteiger partial charge in [0.15, 0.2) is 11.5 Å². The lowest BCUT2D eigenvalue weighted by Crippen LogP contribution is -2.43. The van der Waals surface area contributed by atoms with Gasteiger partial charge in [-0.3, -0.25) is 0 Å². The van der Waals surface area contributed by atoms with Gasteiger partial charge in [-0.2, -0.15) is 0 Å². The van der Waals surface area contributed by atoms with Crippen molar-refractivity contribution in [2.24, 2.45) is 5.92 Å². The van der Waals surface area contributed by atoms with Crippen LogP contribution in [-0.4, -0.2) is 30.3 Å². The molecular weight excluding hydrogens is 396 g/mol.